The van der Waals surface area contributed by atoms with Crippen LogP contribution in [0.2, 0.25) is 0 Å². The molecule has 0 radical (unpaired) electrons. The molecule has 0 spiro atoms. The minimum Gasteiger partial charge on any atom is -0.398 e. The zero-order valence-electron chi connectivity index (χ0n) is 11.9. The molecule has 1 saturated carbocycles. The molecule has 2 rings (SSSR count). The monoisotopic (exact) mass is 438 g/mol. The van der Waals surface area contributed by atoms with Gasteiger partial charge >= 0.3 is 0 Å². The maximum absolute atomic E-state index is 12.7. The largest absolute Gasteiger partial charge is 0.398 e. The van der Waals surface area contributed by atoms with E-state index in [1.165, 1.54) is 6.42 Å². The molecule has 0 bridgehead atoms. The van der Waals surface area contributed by atoms with Crippen LogP contribution >= 0.6 is 31.9 Å². The van der Waals surface area contributed by atoms with Gasteiger partial charge in [0, 0.05) is 15.0 Å². The van der Waals surface area contributed by atoms with Crippen molar-refractivity contribution in [3.8, 4) is 0 Å². The van der Waals surface area contributed by atoms with E-state index < -0.39 is 10.0 Å². The van der Waals surface area contributed by atoms with Crippen molar-refractivity contribution in [1.29, 1.82) is 0 Å². The second-order valence-electron chi connectivity index (χ2n) is 5.49. The third-order valence-corrected chi connectivity index (χ3v) is 7.00. The zero-order chi connectivity index (χ0) is 15.6. The normalized spacial score (nSPS) is 23.2. The Kier molecular flexibility index (Phi) is 5.73. The summed E-state index contributed by atoms with van der Waals surface area (Å²) >= 11 is 6.61. The molecule has 3 N–H and O–H groups in total. The summed E-state index contributed by atoms with van der Waals surface area (Å²) in [6.45, 7) is 2.11. The smallest absolute Gasteiger partial charge is 0.244 e. The quantitative estimate of drug-likeness (QED) is 0.695. The van der Waals surface area contributed by atoms with Gasteiger partial charge < -0.3 is 5.73 Å². The van der Waals surface area contributed by atoms with Crippen molar-refractivity contribution in [1.82, 2.24) is 4.72 Å². The first-order valence-corrected chi connectivity index (χ1v) is 10.2. The lowest BCUT2D eigenvalue weighted by Crippen LogP contribution is -2.42. The van der Waals surface area contributed by atoms with Crippen LogP contribution in [0.4, 0.5) is 5.69 Å². The predicted octanol–water partition coefficient (Wildman–Crippen LogP) is 4.04. The van der Waals surface area contributed by atoms with Gasteiger partial charge in [0.05, 0.1) is 5.69 Å². The van der Waals surface area contributed by atoms with E-state index in [4.69, 9.17) is 5.73 Å². The third kappa shape index (κ3) is 4.00. The number of halogens is 2. The van der Waals surface area contributed by atoms with Crippen molar-refractivity contribution in [2.45, 2.75) is 50.0 Å². The zero-order valence-corrected chi connectivity index (χ0v) is 15.9. The van der Waals surface area contributed by atoms with Crippen molar-refractivity contribution in [2.75, 3.05) is 5.73 Å². The number of nitrogens with two attached hydrogens (primary N) is 1. The Balaban J connectivity index is 2.30. The molecule has 0 heterocycles. The van der Waals surface area contributed by atoms with Gasteiger partial charge in [-0.2, -0.15) is 0 Å². The predicted molar refractivity (Wildman–Crippen MR) is 92.6 cm³/mol. The topological polar surface area (TPSA) is 72.2 Å². The summed E-state index contributed by atoms with van der Waals surface area (Å²) in [7, 11) is -3.62. The van der Waals surface area contributed by atoms with Gasteiger partial charge in [0.15, 0.2) is 0 Å². The standard InChI is InChI=1S/C14H20Br2N2O2S/c1-2-9-5-3-4-6-13(9)18-21(19,20)14-11(16)7-10(15)8-12(14)17/h7-9,13,18H,2-6,17H2,1H3. The van der Waals surface area contributed by atoms with Crippen LogP contribution in [0.15, 0.2) is 26.0 Å². The van der Waals surface area contributed by atoms with Crippen LogP contribution in [-0.2, 0) is 10.0 Å². The molecule has 1 aromatic carbocycles. The van der Waals surface area contributed by atoms with Gasteiger partial charge in [0.1, 0.15) is 4.90 Å². The summed E-state index contributed by atoms with van der Waals surface area (Å²) in [6.07, 6.45) is 5.22. The lowest BCUT2D eigenvalue weighted by Gasteiger charge is -2.31. The van der Waals surface area contributed by atoms with Crippen LogP contribution in [0.3, 0.4) is 0 Å². The SMILES string of the molecule is CCC1CCCCC1NS(=O)(=O)c1c(N)cc(Br)cc1Br. The van der Waals surface area contributed by atoms with Gasteiger partial charge in [-0.1, -0.05) is 42.1 Å². The number of anilines is 1. The van der Waals surface area contributed by atoms with Crippen molar-refractivity contribution >= 4 is 47.6 Å². The lowest BCUT2D eigenvalue weighted by molar-refractivity contribution is 0.282. The molecule has 0 aromatic heterocycles. The maximum Gasteiger partial charge on any atom is 0.244 e. The number of rotatable bonds is 4. The van der Waals surface area contributed by atoms with Crippen molar-refractivity contribution < 1.29 is 8.42 Å². The highest BCUT2D eigenvalue weighted by Gasteiger charge is 2.30. The Morgan fingerprint density at radius 3 is 2.57 bits per heavy atom. The van der Waals surface area contributed by atoms with E-state index in [0.717, 1.165) is 30.2 Å². The fourth-order valence-corrected chi connectivity index (χ4v) is 6.38. The summed E-state index contributed by atoms with van der Waals surface area (Å²) in [5.74, 6) is 0.406. The minimum absolute atomic E-state index is 0.00342. The summed E-state index contributed by atoms with van der Waals surface area (Å²) in [5, 5.41) is 0. The second kappa shape index (κ2) is 6.98. The highest BCUT2D eigenvalue weighted by atomic mass is 79.9. The fraction of sp³-hybridized carbons (Fsp3) is 0.571. The third-order valence-electron chi connectivity index (χ3n) is 4.05. The molecule has 2 atom stereocenters. The molecule has 118 valence electrons. The van der Waals surface area contributed by atoms with Crippen molar-refractivity contribution in [3.05, 3.63) is 21.1 Å². The molecule has 4 nitrogen and oxygen atoms in total. The average molecular weight is 440 g/mol. The highest BCUT2D eigenvalue weighted by Crippen LogP contribution is 2.33. The Bertz CT molecular complexity index is 596. The summed E-state index contributed by atoms with van der Waals surface area (Å²) in [6, 6.07) is 3.31. The van der Waals surface area contributed by atoms with Crippen LogP contribution in [0.1, 0.15) is 39.0 Å². The van der Waals surface area contributed by atoms with Crippen LogP contribution in [0, 0.1) is 5.92 Å². The fourth-order valence-electron chi connectivity index (χ4n) is 2.97. The van der Waals surface area contributed by atoms with Crippen molar-refractivity contribution in [3.63, 3.8) is 0 Å². The molecule has 1 fully saturated rings. The van der Waals surface area contributed by atoms with E-state index in [1.54, 1.807) is 12.1 Å². The minimum atomic E-state index is -3.62. The summed E-state index contributed by atoms with van der Waals surface area (Å²) in [5.41, 5.74) is 6.14. The number of nitrogens with one attached hydrogen (secondary N) is 1. The molecule has 0 amide bonds. The van der Waals surface area contributed by atoms with Gasteiger partial charge in [-0.25, -0.2) is 13.1 Å². The Morgan fingerprint density at radius 1 is 1.29 bits per heavy atom. The van der Waals surface area contributed by atoms with Gasteiger partial charge in [0.2, 0.25) is 10.0 Å². The van der Waals surface area contributed by atoms with Gasteiger partial charge in [-0.3, -0.25) is 0 Å². The molecule has 1 aromatic rings. The number of hydrogen-bond donors (Lipinski definition) is 2. The van der Waals surface area contributed by atoms with Crippen molar-refractivity contribution in [2.24, 2.45) is 5.92 Å². The molecule has 0 aliphatic heterocycles. The Morgan fingerprint density at radius 2 is 1.95 bits per heavy atom. The summed E-state index contributed by atoms with van der Waals surface area (Å²) in [4.78, 5) is 0.131. The number of sulfonamides is 1. The molecule has 7 heteroatoms. The highest BCUT2D eigenvalue weighted by molar-refractivity contribution is 9.11. The Labute approximate surface area is 143 Å². The molecule has 1 aliphatic carbocycles. The first-order valence-electron chi connectivity index (χ1n) is 7.12. The second-order valence-corrected chi connectivity index (χ2v) is 8.91. The molecule has 21 heavy (non-hydrogen) atoms. The van der Waals surface area contributed by atoms with Crippen LogP contribution in [-0.4, -0.2) is 14.5 Å². The molecule has 2 unspecified atom stereocenters. The van der Waals surface area contributed by atoms with E-state index in [2.05, 4.69) is 43.5 Å². The first-order chi connectivity index (χ1) is 9.85. The average Bonchev–Trinajstić information content (AvgIpc) is 2.37. The van der Waals surface area contributed by atoms with E-state index in [-0.39, 0.29) is 16.6 Å². The number of nitrogen functional groups attached to an aromatic ring is 1. The van der Waals surface area contributed by atoms with Gasteiger partial charge in [-0.05, 0) is 46.8 Å². The van der Waals surface area contributed by atoms with Crippen LogP contribution in [0.25, 0.3) is 0 Å². The lowest BCUT2D eigenvalue weighted by atomic mass is 9.83. The molecular weight excluding hydrogens is 420 g/mol. The maximum atomic E-state index is 12.7. The van der Waals surface area contributed by atoms with E-state index in [9.17, 15) is 8.42 Å². The summed E-state index contributed by atoms with van der Waals surface area (Å²) < 4.78 is 29.4. The Hall–Kier alpha value is -0.110. The van der Waals surface area contributed by atoms with Crippen LogP contribution < -0.4 is 10.5 Å². The van der Waals surface area contributed by atoms with Crippen LogP contribution in [0.5, 0.6) is 0 Å². The molecule has 1 aliphatic rings. The number of benzene rings is 1. The molecule has 0 saturated heterocycles. The van der Waals surface area contributed by atoms with E-state index >= 15 is 0 Å². The molecular formula is C14H20Br2N2O2S. The number of hydrogen-bond acceptors (Lipinski definition) is 3. The van der Waals surface area contributed by atoms with Gasteiger partial charge in [-0.15, -0.1) is 0 Å². The first kappa shape index (κ1) is 17.2. The van der Waals surface area contributed by atoms with E-state index in [0.29, 0.717) is 10.4 Å². The van der Waals surface area contributed by atoms with E-state index in [1.807, 2.05) is 0 Å². The van der Waals surface area contributed by atoms with Gasteiger partial charge in [0.25, 0.3) is 0 Å².